The Balaban J connectivity index is 1.54. The monoisotopic (exact) mass is 410 g/mol. The molecule has 1 saturated heterocycles. The van der Waals surface area contributed by atoms with Crippen LogP contribution in [0.15, 0.2) is 24.5 Å². The Bertz CT molecular complexity index is 862. The average molecular weight is 410 g/mol. The molecule has 10 heteroatoms. The first kappa shape index (κ1) is 19.8. The molecule has 158 valence electrons. The van der Waals surface area contributed by atoms with Gasteiger partial charge in [0.15, 0.2) is 6.04 Å². The van der Waals surface area contributed by atoms with E-state index in [0.29, 0.717) is 24.5 Å². The number of nitrogens with zero attached hydrogens (tertiary/aromatic N) is 5. The smallest absolute Gasteiger partial charge is 0.368 e. The van der Waals surface area contributed by atoms with Crippen molar-refractivity contribution < 1.29 is 18.0 Å². The molecule has 29 heavy (non-hydrogen) atoms. The van der Waals surface area contributed by atoms with Gasteiger partial charge in [-0.15, -0.1) is 0 Å². The average Bonchev–Trinajstić information content (AvgIpc) is 3.38. The predicted octanol–water partition coefficient (Wildman–Crippen LogP) is 3.70. The number of carbonyl (C=O) groups is 1. The molecule has 0 aromatic carbocycles. The van der Waals surface area contributed by atoms with Crippen LogP contribution < -0.4 is 5.32 Å². The molecular formula is C19H25F3N6O. The molecule has 4 heterocycles. The van der Waals surface area contributed by atoms with Crippen LogP contribution in [0.1, 0.15) is 63.4 Å². The lowest BCUT2D eigenvalue weighted by Crippen LogP contribution is -2.38. The molecule has 2 aromatic rings. The van der Waals surface area contributed by atoms with E-state index < -0.39 is 12.2 Å². The van der Waals surface area contributed by atoms with Crippen molar-refractivity contribution >= 4 is 11.7 Å². The summed E-state index contributed by atoms with van der Waals surface area (Å²) in [5.41, 5.74) is 0.522. The fourth-order valence-corrected chi connectivity index (χ4v) is 4.32. The lowest BCUT2D eigenvalue weighted by Gasteiger charge is -2.31. The Morgan fingerprint density at radius 2 is 2.21 bits per heavy atom. The normalized spacial score (nSPS) is 25.6. The molecule has 0 saturated carbocycles. The number of alkyl halides is 3. The fourth-order valence-electron chi connectivity index (χ4n) is 4.32. The molecule has 1 fully saturated rings. The molecule has 2 aliphatic rings. The first-order valence-electron chi connectivity index (χ1n) is 9.95. The second-order valence-electron chi connectivity index (χ2n) is 8.02. The molecule has 0 unspecified atom stereocenters. The molecule has 0 aliphatic carbocycles. The van der Waals surface area contributed by atoms with E-state index in [9.17, 15) is 18.0 Å². The molecule has 1 N–H and O–H groups in total. The van der Waals surface area contributed by atoms with Crippen molar-refractivity contribution in [2.24, 2.45) is 0 Å². The summed E-state index contributed by atoms with van der Waals surface area (Å²) in [7, 11) is 0. The van der Waals surface area contributed by atoms with Gasteiger partial charge in [0.25, 0.3) is 0 Å². The lowest BCUT2D eigenvalue weighted by molar-refractivity contribution is -0.173. The van der Waals surface area contributed by atoms with Gasteiger partial charge in [0, 0.05) is 37.5 Å². The van der Waals surface area contributed by atoms with Crippen LogP contribution in [-0.4, -0.2) is 49.1 Å². The number of amides is 1. The van der Waals surface area contributed by atoms with Crippen molar-refractivity contribution in [3.8, 4) is 0 Å². The minimum Gasteiger partial charge on any atom is -0.368 e. The van der Waals surface area contributed by atoms with Crippen molar-refractivity contribution in [2.45, 2.75) is 69.9 Å². The Labute approximate surface area is 166 Å². The first-order valence-corrected chi connectivity index (χ1v) is 9.95. The summed E-state index contributed by atoms with van der Waals surface area (Å²) >= 11 is 0. The van der Waals surface area contributed by atoms with Crippen LogP contribution in [0, 0.1) is 0 Å². The minimum atomic E-state index is -4.36. The van der Waals surface area contributed by atoms with E-state index in [4.69, 9.17) is 0 Å². The zero-order valence-electron chi connectivity index (χ0n) is 16.4. The maximum absolute atomic E-state index is 13.5. The van der Waals surface area contributed by atoms with Gasteiger partial charge in [0.1, 0.15) is 5.82 Å². The Kier molecular flexibility index (Phi) is 5.04. The predicted molar refractivity (Wildman–Crippen MR) is 100 cm³/mol. The largest absolute Gasteiger partial charge is 0.410 e. The summed E-state index contributed by atoms with van der Waals surface area (Å²) in [6, 6.07) is 1.15. The van der Waals surface area contributed by atoms with E-state index in [1.807, 2.05) is 13.1 Å². The summed E-state index contributed by atoms with van der Waals surface area (Å²) < 4.78 is 43.3. The molecule has 1 amide bonds. The molecule has 2 aliphatic heterocycles. The van der Waals surface area contributed by atoms with Gasteiger partial charge in [-0.3, -0.25) is 9.48 Å². The van der Waals surface area contributed by atoms with E-state index in [2.05, 4.69) is 15.5 Å². The third-order valence-electron chi connectivity index (χ3n) is 5.76. The quantitative estimate of drug-likeness (QED) is 0.835. The molecular weight excluding hydrogens is 385 g/mol. The number of likely N-dealkylation sites (tertiary alicyclic amines) is 1. The Hall–Kier alpha value is -2.52. The zero-order valence-corrected chi connectivity index (χ0v) is 16.4. The molecule has 4 atom stereocenters. The maximum Gasteiger partial charge on any atom is 0.410 e. The molecule has 7 nitrogen and oxygen atoms in total. The second kappa shape index (κ2) is 7.38. The highest BCUT2D eigenvalue weighted by Gasteiger charge is 2.46. The number of halogens is 3. The number of fused-ring (bicyclic) bond motifs is 1. The minimum absolute atomic E-state index is 0.0322. The van der Waals surface area contributed by atoms with Crippen molar-refractivity contribution in [3.05, 3.63) is 30.2 Å². The zero-order chi connectivity index (χ0) is 20.8. The van der Waals surface area contributed by atoms with E-state index >= 15 is 0 Å². The van der Waals surface area contributed by atoms with Crippen LogP contribution in [0.25, 0.3) is 0 Å². The van der Waals surface area contributed by atoms with E-state index in [1.54, 1.807) is 34.8 Å². The van der Waals surface area contributed by atoms with Crippen LogP contribution in [0.2, 0.25) is 0 Å². The maximum atomic E-state index is 13.5. The highest BCUT2D eigenvalue weighted by molar-refractivity contribution is 5.77. The van der Waals surface area contributed by atoms with Gasteiger partial charge in [-0.2, -0.15) is 23.4 Å². The second-order valence-corrected chi connectivity index (χ2v) is 8.02. The van der Waals surface area contributed by atoms with E-state index in [1.165, 1.54) is 0 Å². The molecule has 0 spiro atoms. The van der Waals surface area contributed by atoms with Crippen LogP contribution >= 0.6 is 0 Å². The molecule has 2 aromatic heterocycles. The third-order valence-corrected chi connectivity index (χ3v) is 5.76. The number of hydrogen-bond donors (Lipinski definition) is 1. The highest BCUT2D eigenvalue weighted by Crippen LogP contribution is 2.41. The fraction of sp³-hybridized carbons (Fsp3) is 0.632. The van der Waals surface area contributed by atoms with Crippen LogP contribution in [-0.2, 0) is 4.79 Å². The SMILES string of the molecule is C[C@@H]1C[C@H](C(F)(F)F)n2nc([C@@H]3CCCN3C(=O)C[C@H](C)n3cccn3)cc2N1. The summed E-state index contributed by atoms with van der Waals surface area (Å²) in [5.74, 6) is 0.334. The topological polar surface area (TPSA) is 68.0 Å². The number of rotatable bonds is 4. The third kappa shape index (κ3) is 3.84. The molecule has 0 radical (unpaired) electrons. The summed E-state index contributed by atoms with van der Waals surface area (Å²) in [4.78, 5) is 14.7. The van der Waals surface area contributed by atoms with Crippen LogP contribution in [0.4, 0.5) is 19.0 Å². The van der Waals surface area contributed by atoms with Crippen LogP contribution in [0.5, 0.6) is 0 Å². The highest BCUT2D eigenvalue weighted by atomic mass is 19.4. The van der Waals surface area contributed by atoms with Gasteiger partial charge in [-0.05, 0) is 39.2 Å². The Morgan fingerprint density at radius 1 is 1.41 bits per heavy atom. The van der Waals surface area contributed by atoms with Gasteiger partial charge < -0.3 is 10.2 Å². The molecule has 4 rings (SSSR count). The van der Waals surface area contributed by atoms with Gasteiger partial charge in [-0.25, -0.2) is 4.68 Å². The van der Waals surface area contributed by atoms with E-state index in [-0.39, 0.29) is 36.9 Å². The number of aromatic nitrogens is 4. The van der Waals surface area contributed by atoms with Crippen LogP contribution in [0.3, 0.4) is 0 Å². The van der Waals surface area contributed by atoms with Gasteiger partial charge in [0.05, 0.1) is 17.8 Å². The number of carbonyl (C=O) groups excluding carboxylic acids is 1. The van der Waals surface area contributed by atoms with Crippen molar-refractivity contribution in [3.63, 3.8) is 0 Å². The van der Waals surface area contributed by atoms with E-state index in [0.717, 1.165) is 11.1 Å². The van der Waals surface area contributed by atoms with Gasteiger partial charge >= 0.3 is 6.18 Å². The summed E-state index contributed by atoms with van der Waals surface area (Å²) in [5, 5.41) is 11.6. The summed E-state index contributed by atoms with van der Waals surface area (Å²) in [6.45, 7) is 4.24. The number of hydrogen-bond acceptors (Lipinski definition) is 4. The van der Waals surface area contributed by atoms with Crippen molar-refractivity contribution in [1.82, 2.24) is 24.5 Å². The van der Waals surface area contributed by atoms with Crippen molar-refractivity contribution in [1.29, 1.82) is 0 Å². The Morgan fingerprint density at radius 3 is 2.90 bits per heavy atom. The number of anilines is 1. The number of nitrogens with one attached hydrogen (secondary N) is 1. The molecule has 0 bridgehead atoms. The standard InChI is InChI=1S/C19H25F3N6O/c1-12-9-16(19(20,21)22)28-17(24-12)11-14(25-28)15-5-3-7-26(15)18(29)10-13(2)27-8-4-6-23-27/h4,6,8,11-13,15-16,24H,3,5,7,9-10H2,1-2H3/t12-,13+,15+,16-/m1/s1. The van der Waals surface area contributed by atoms with Gasteiger partial charge in [-0.1, -0.05) is 0 Å². The van der Waals surface area contributed by atoms with Gasteiger partial charge in [0.2, 0.25) is 5.91 Å². The summed E-state index contributed by atoms with van der Waals surface area (Å²) in [6.07, 6.45) is 0.844. The van der Waals surface area contributed by atoms with Crippen molar-refractivity contribution in [2.75, 3.05) is 11.9 Å². The lowest BCUT2D eigenvalue weighted by atomic mass is 10.1. The first-order chi connectivity index (χ1) is 13.7.